The summed E-state index contributed by atoms with van der Waals surface area (Å²) in [6, 6.07) is 1.93. The van der Waals surface area contributed by atoms with Crippen LogP contribution in [-0.4, -0.2) is 9.97 Å². The van der Waals surface area contributed by atoms with Gasteiger partial charge in [0.1, 0.15) is 5.82 Å². The van der Waals surface area contributed by atoms with Crippen molar-refractivity contribution in [3.05, 3.63) is 23.8 Å². The molecule has 2 nitrogen and oxygen atoms in total. The molecule has 2 heteroatoms. The van der Waals surface area contributed by atoms with Gasteiger partial charge in [0.05, 0.1) is 6.20 Å². The first kappa shape index (κ1) is 8.67. The molecule has 0 amide bonds. The Kier molecular flexibility index (Phi) is 2.30. The van der Waals surface area contributed by atoms with Crippen LogP contribution in [0, 0.1) is 12.1 Å². The first-order chi connectivity index (χ1) is 6.25. The highest BCUT2D eigenvalue weighted by Gasteiger charge is 2.25. The molecule has 13 heavy (non-hydrogen) atoms. The smallest absolute Gasteiger partial charge is 0.129 e. The zero-order valence-electron chi connectivity index (χ0n) is 8.25. The van der Waals surface area contributed by atoms with E-state index in [0.29, 0.717) is 11.8 Å². The van der Waals surface area contributed by atoms with E-state index in [2.05, 4.69) is 30.0 Å². The van der Waals surface area contributed by atoms with Gasteiger partial charge in [0.25, 0.3) is 0 Å². The molecule has 0 unspecified atom stereocenters. The van der Waals surface area contributed by atoms with E-state index < -0.39 is 0 Å². The highest BCUT2D eigenvalue weighted by molar-refractivity contribution is 5.13. The van der Waals surface area contributed by atoms with Crippen LogP contribution in [0.1, 0.15) is 44.1 Å². The van der Waals surface area contributed by atoms with E-state index in [1.165, 1.54) is 18.5 Å². The number of aromatic nitrogens is 2. The molecule has 0 aromatic carbocycles. The second kappa shape index (κ2) is 3.44. The van der Waals surface area contributed by atoms with Crippen LogP contribution >= 0.6 is 0 Å². The molecule has 69 valence electrons. The minimum absolute atomic E-state index is 0.628. The van der Waals surface area contributed by atoms with E-state index in [1.807, 2.05) is 6.07 Å². The van der Waals surface area contributed by atoms with E-state index in [-0.39, 0.29) is 0 Å². The second-order valence-corrected chi connectivity index (χ2v) is 4.21. The first-order valence-corrected chi connectivity index (χ1v) is 4.99. The molecular weight excluding hydrogens is 160 g/mol. The summed E-state index contributed by atoms with van der Waals surface area (Å²) in [6.07, 6.45) is 6.51. The largest absolute Gasteiger partial charge is 0.238 e. The summed E-state index contributed by atoms with van der Waals surface area (Å²) in [6.45, 7) is 4.38. The van der Waals surface area contributed by atoms with Gasteiger partial charge in [-0.15, -0.1) is 0 Å². The molecule has 0 aliphatic heterocycles. The van der Waals surface area contributed by atoms with Gasteiger partial charge in [-0.1, -0.05) is 13.8 Å². The van der Waals surface area contributed by atoms with Gasteiger partial charge in [0.2, 0.25) is 0 Å². The topological polar surface area (TPSA) is 25.8 Å². The normalized spacial score (nSPS) is 16.5. The molecule has 1 saturated carbocycles. The van der Waals surface area contributed by atoms with E-state index >= 15 is 0 Å². The summed E-state index contributed by atoms with van der Waals surface area (Å²) in [4.78, 5) is 8.69. The van der Waals surface area contributed by atoms with Gasteiger partial charge in [-0.05, 0) is 24.8 Å². The van der Waals surface area contributed by atoms with E-state index in [4.69, 9.17) is 0 Å². The van der Waals surface area contributed by atoms with E-state index in [0.717, 1.165) is 12.2 Å². The van der Waals surface area contributed by atoms with Crippen molar-refractivity contribution in [2.24, 2.45) is 5.92 Å². The van der Waals surface area contributed by atoms with Gasteiger partial charge in [-0.25, -0.2) is 9.97 Å². The molecule has 1 aromatic heterocycles. The van der Waals surface area contributed by atoms with Crippen LogP contribution in [0.4, 0.5) is 0 Å². The molecule has 1 aliphatic rings. The van der Waals surface area contributed by atoms with E-state index in [1.54, 1.807) is 0 Å². The molecule has 1 aliphatic carbocycles. The number of hydrogen-bond donors (Lipinski definition) is 0. The molecule has 2 rings (SSSR count). The summed E-state index contributed by atoms with van der Waals surface area (Å²) >= 11 is 0. The van der Waals surface area contributed by atoms with Crippen molar-refractivity contribution in [2.75, 3.05) is 0 Å². The van der Waals surface area contributed by atoms with E-state index in [9.17, 15) is 0 Å². The second-order valence-electron chi connectivity index (χ2n) is 4.21. The number of nitrogens with zero attached hydrogens (tertiary/aromatic N) is 2. The molecule has 0 N–H and O–H groups in total. The molecule has 0 atom stereocenters. The Labute approximate surface area is 79.4 Å². The minimum Gasteiger partial charge on any atom is -0.238 e. The molecule has 1 fully saturated rings. The summed E-state index contributed by atoms with van der Waals surface area (Å²) in [5, 5.41) is 0. The lowest BCUT2D eigenvalue weighted by Gasteiger charge is -2.04. The standard InChI is InChI=1S/C11H15N2/c1-8(2)7-11-12-6-5-10(13-11)9-3-4-9/h5,8-9H,3-4,7H2,1-2H3. The predicted octanol–water partition coefficient (Wildman–Crippen LogP) is 2.35. The first-order valence-electron chi connectivity index (χ1n) is 4.99. The fourth-order valence-corrected chi connectivity index (χ4v) is 1.42. The molecule has 1 aromatic rings. The van der Waals surface area contributed by atoms with Gasteiger partial charge in [-0.2, -0.15) is 0 Å². The third-order valence-corrected chi connectivity index (χ3v) is 2.25. The van der Waals surface area contributed by atoms with Crippen LogP contribution in [0.5, 0.6) is 0 Å². The van der Waals surface area contributed by atoms with Crippen molar-refractivity contribution >= 4 is 0 Å². The molecule has 1 radical (unpaired) electrons. The Bertz CT molecular complexity index is 290. The number of hydrogen-bond acceptors (Lipinski definition) is 2. The summed E-state index contributed by atoms with van der Waals surface area (Å²) in [7, 11) is 0. The molecule has 0 spiro atoms. The van der Waals surface area contributed by atoms with Crippen molar-refractivity contribution in [2.45, 2.75) is 39.0 Å². The van der Waals surface area contributed by atoms with Crippen LogP contribution in [0.15, 0.2) is 6.07 Å². The van der Waals surface area contributed by atoms with Gasteiger partial charge in [0.15, 0.2) is 0 Å². The van der Waals surface area contributed by atoms with Crippen LogP contribution in [0.3, 0.4) is 0 Å². The zero-order chi connectivity index (χ0) is 9.26. The lowest BCUT2D eigenvalue weighted by molar-refractivity contribution is 0.617. The average Bonchev–Trinajstić information content (AvgIpc) is 2.85. The Hall–Kier alpha value is -0.920. The van der Waals surface area contributed by atoms with Gasteiger partial charge in [-0.3, -0.25) is 0 Å². The third kappa shape index (κ3) is 2.27. The highest BCUT2D eigenvalue weighted by atomic mass is 14.9. The zero-order valence-corrected chi connectivity index (χ0v) is 8.25. The quantitative estimate of drug-likeness (QED) is 0.704. The van der Waals surface area contributed by atoms with Gasteiger partial charge < -0.3 is 0 Å². The van der Waals surface area contributed by atoms with Crippen LogP contribution in [0.25, 0.3) is 0 Å². The summed E-state index contributed by atoms with van der Waals surface area (Å²) in [5.41, 5.74) is 1.20. The summed E-state index contributed by atoms with van der Waals surface area (Å²) < 4.78 is 0. The fourth-order valence-electron chi connectivity index (χ4n) is 1.42. The van der Waals surface area contributed by atoms with Crippen molar-refractivity contribution in [3.63, 3.8) is 0 Å². The fraction of sp³-hybridized carbons (Fsp3) is 0.636. The lowest BCUT2D eigenvalue weighted by Crippen LogP contribution is -2.02. The Morgan fingerprint density at radius 3 is 2.92 bits per heavy atom. The molecule has 0 bridgehead atoms. The van der Waals surface area contributed by atoms with Crippen LogP contribution in [-0.2, 0) is 6.42 Å². The SMILES string of the molecule is CC(C)Cc1n[c]cc(C2CC2)n1. The van der Waals surface area contributed by atoms with Crippen LogP contribution in [0.2, 0.25) is 0 Å². The molecule has 0 saturated heterocycles. The minimum atomic E-state index is 0.628. The van der Waals surface area contributed by atoms with Gasteiger partial charge >= 0.3 is 0 Å². The molecule has 1 heterocycles. The third-order valence-electron chi connectivity index (χ3n) is 2.25. The Morgan fingerprint density at radius 2 is 2.31 bits per heavy atom. The Balaban J connectivity index is 2.12. The maximum absolute atomic E-state index is 4.53. The van der Waals surface area contributed by atoms with Crippen molar-refractivity contribution < 1.29 is 0 Å². The Morgan fingerprint density at radius 1 is 1.54 bits per heavy atom. The molecular formula is C11H15N2. The average molecular weight is 175 g/mol. The summed E-state index contributed by atoms with van der Waals surface area (Å²) in [5.74, 6) is 2.30. The van der Waals surface area contributed by atoms with Crippen LogP contribution < -0.4 is 0 Å². The van der Waals surface area contributed by atoms with Crippen molar-refractivity contribution in [3.8, 4) is 0 Å². The monoisotopic (exact) mass is 175 g/mol. The van der Waals surface area contributed by atoms with Crippen molar-refractivity contribution in [1.29, 1.82) is 0 Å². The maximum Gasteiger partial charge on any atom is 0.129 e. The lowest BCUT2D eigenvalue weighted by atomic mass is 10.1. The highest BCUT2D eigenvalue weighted by Crippen LogP contribution is 2.38. The maximum atomic E-state index is 4.53. The van der Waals surface area contributed by atoms with Crippen molar-refractivity contribution in [1.82, 2.24) is 9.97 Å². The predicted molar refractivity (Wildman–Crippen MR) is 51.4 cm³/mol. The number of rotatable bonds is 3. The van der Waals surface area contributed by atoms with Gasteiger partial charge in [0, 0.05) is 18.0 Å².